The summed E-state index contributed by atoms with van der Waals surface area (Å²) in [6.07, 6.45) is 4.77. The predicted octanol–water partition coefficient (Wildman–Crippen LogP) is 4.26. The molecular formula is C20H24O3. The van der Waals surface area contributed by atoms with E-state index in [1.807, 2.05) is 6.07 Å². The largest absolute Gasteiger partial charge is 0.511 e. The van der Waals surface area contributed by atoms with Crippen molar-refractivity contribution in [2.75, 3.05) is 0 Å². The van der Waals surface area contributed by atoms with Gasteiger partial charge in [0.2, 0.25) is 0 Å². The number of benzene rings is 1. The number of aromatic hydroxyl groups is 1. The Morgan fingerprint density at radius 2 is 2.04 bits per heavy atom. The maximum absolute atomic E-state index is 11.9. The highest BCUT2D eigenvalue weighted by Gasteiger charge is 2.54. The zero-order chi connectivity index (χ0) is 16.4. The molecule has 3 aliphatic rings. The molecule has 0 spiro atoms. The molecule has 0 saturated heterocycles. The highest BCUT2D eigenvalue weighted by atomic mass is 16.3. The minimum atomic E-state index is -0.226. The van der Waals surface area contributed by atoms with Gasteiger partial charge >= 0.3 is 0 Å². The highest BCUT2D eigenvalue weighted by Crippen LogP contribution is 2.62. The van der Waals surface area contributed by atoms with Crippen LogP contribution in [0.15, 0.2) is 29.5 Å². The number of rotatable bonds is 1. The van der Waals surface area contributed by atoms with E-state index < -0.39 is 0 Å². The number of allylic oxidation sites excluding steroid dienone is 2. The van der Waals surface area contributed by atoms with Gasteiger partial charge in [-0.1, -0.05) is 13.0 Å². The van der Waals surface area contributed by atoms with Gasteiger partial charge in [-0.3, -0.25) is 4.79 Å². The van der Waals surface area contributed by atoms with Gasteiger partial charge in [-0.25, -0.2) is 0 Å². The van der Waals surface area contributed by atoms with Crippen molar-refractivity contribution in [1.82, 2.24) is 0 Å². The molecule has 122 valence electrons. The standard InChI is InChI=1S/C20H24O3/c1-11(21)17-10-18-16-5-3-12-9-13(22)4-6-14(12)15(16)7-8-20(18,2)19(17)23/h4,6,9,15-16,18,22-23H,3,5,7-8,10H2,1-2H3/t15-,16-,18+,20+/m1/s1. The van der Waals surface area contributed by atoms with Crippen LogP contribution < -0.4 is 0 Å². The number of ketones is 1. The minimum absolute atomic E-state index is 0.0239. The van der Waals surface area contributed by atoms with Gasteiger partial charge in [0.25, 0.3) is 0 Å². The van der Waals surface area contributed by atoms with Crippen LogP contribution in [0.1, 0.15) is 56.6 Å². The summed E-state index contributed by atoms with van der Waals surface area (Å²) in [6.45, 7) is 3.72. The third-order valence-electron chi connectivity index (χ3n) is 6.78. The van der Waals surface area contributed by atoms with Gasteiger partial charge in [0, 0.05) is 11.0 Å². The van der Waals surface area contributed by atoms with Crippen molar-refractivity contribution in [2.45, 2.75) is 51.9 Å². The fourth-order valence-electron chi connectivity index (χ4n) is 5.53. The normalized spacial score (nSPS) is 35.5. The number of Topliss-reactive ketones (excluding diaryl/α,β-unsaturated/α-hetero) is 1. The molecule has 0 aromatic heterocycles. The molecule has 3 nitrogen and oxygen atoms in total. The summed E-state index contributed by atoms with van der Waals surface area (Å²) in [7, 11) is 0. The molecule has 1 aromatic carbocycles. The summed E-state index contributed by atoms with van der Waals surface area (Å²) >= 11 is 0. The molecule has 0 bridgehead atoms. The van der Waals surface area contributed by atoms with E-state index in [4.69, 9.17) is 0 Å². The van der Waals surface area contributed by atoms with Crippen LogP contribution in [0.25, 0.3) is 0 Å². The van der Waals surface area contributed by atoms with Gasteiger partial charge in [0.15, 0.2) is 5.78 Å². The number of hydrogen-bond acceptors (Lipinski definition) is 3. The molecule has 4 atom stereocenters. The zero-order valence-electron chi connectivity index (χ0n) is 13.8. The summed E-state index contributed by atoms with van der Waals surface area (Å²) in [4.78, 5) is 11.9. The van der Waals surface area contributed by atoms with Gasteiger partial charge in [-0.15, -0.1) is 0 Å². The van der Waals surface area contributed by atoms with E-state index in [1.54, 1.807) is 13.0 Å². The van der Waals surface area contributed by atoms with Gasteiger partial charge < -0.3 is 10.2 Å². The van der Waals surface area contributed by atoms with E-state index in [2.05, 4.69) is 13.0 Å². The van der Waals surface area contributed by atoms with Gasteiger partial charge in [-0.05, 0) is 80.0 Å². The Kier molecular flexibility index (Phi) is 3.13. The Morgan fingerprint density at radius 3 is 2.78 bits per heavy atom. The van der Waals surface area contributed by atoms with Gasteiger partial charge in [-0.2, -0.15) is 0 Å². The summed E-state index contributed by atoms with van der Waals surface area (Å²) in [5.74, 6) is 2.12. The molecule has 3 heteroatoms. The molecule has 1 saturated carbocycles. The predicted molar refractivity (Wildman–Crippen MR) is 88.4 cm³/mol. The molecule has 0 heterocycles. The third-order valence-corrected chi connectivity index (χ3v) is 6.78. The first-order chi connectivity index (χ1) is 10.9. The highest BCUT2D eigenvalue weighted by molar-refractivity contribution is 5.94. The molecule has 23 heavy (non-hydrogen) atoms. The molecule has 0 amide bonds. The van der Waals surface area contributed by atoms with Crippen LogP contribution in [0.5, 0.6) is 5.75 Å². The van der Waals surface area contributed by atoms with Crippen molar-refractivity contribution in [2.24, 2.45) is 17.3 Å². The number of phenols is 1. The van der Waals surface area contributed by atoms with Crippen LogP contribution in [0, 0.1) is 17.3 Å². The van der Waals surface area contributed by atoms with Crippen molar-refractivity contribution in [1.29, 1.82) is 0 Å². The number of fused-ring (bicyclic) bond motifs is 5. The van der Waals surface area contributed by atoms with Crippen LogP contribution in [0.2, 0.25) is 0 Å². The Bertz CT molecular complexity index is 718. The molecule has 1 fully saturated rings. The van der Waals surface area contributed by atoms with E-state index in [-0.39, 0.29) is 11.2 Å². The van der Waals surface area contributed by atoms with E-state index in [9.17, 15) is 15.0 Å². The third kappa shape index (κ3) is 1.98. The fourth-order valence-corrected chi connectivity index (χ4v) is 5.53. The van der Waals surface area contributed by atoms with Gasteiger partial charge in [0.1, 0.15) is 11.5 Å². The van der Waals surface area contributed by atoms with E-state index in [1.165, 1.54) is 11.1 Å². The average molecular weight is 312 g/mol. The second-order valence-electron chi connectivity index (χ2n) is 7.84. The molecule has 1 aromatic rings. The Morgan fingerprint density at radius 1 is 1.26 bits per heavy atom. The van der Waals surface area contributed by atoms with Crippen molar-refractivity contribution < 1.29 is 15.0 Å². The lowest BCUT2D eigenvalue weighted by molar-refractivity contribution is -0.113. The maximum atomic E-state index is 11.9. The number of phenolic OH excluding ortho intramolecular Hbond substituents is 1. The smallest absolute Gasteiger partial charge is 0.159 e. The van der Waals surface area contributed by atoms with E-state index >= 15 is 0 Å². The number of hydrogen-bond donors (Lipinski definition) is 2. The number of aliphatic hydroxyl groups excluding tert-OH is 1. The van der Waals surface area contributed by atoms with E-state index in [0.29, 0.717) is 34.8 Å². The second-order valence-corrected chi connectivity index (χ2v) is 7.84. The van der Waals surface area contributed by atoms with Crippen molar-refractivity contribution in [3.63, 3.8) is 0 Å². The quantitative estimate of drug-likeness (QED) is 0.814. The summed E-state index contributed by atoms with van der Waals surface area (Å²) < 4.78 is 0. The molecule has 2 N–H and O–H groups in total. The van der Waals surface area contributed by atoms with Crippen LogP contribution >= 0.6 is 0 Å². The Balaban J connectivity index is 1.72. The topological polar surface area (TPSA) is 57.5 Å². The molecule has 0 unspecified atom stereocenters. The van der Waals surface area contributed by atoms with Crippen LogP contribution in [-0.4, -0.2) is 16.0 Å². The minimum Gasteiger partial charge on any atom is -0.511 e. The van der Waals surface area contributed by atoms with Crippen molar-refractivity contribution >= 4 is 5.78 Å². The Labute approximate surface area is 137 Å². The van der Waals surface area contributed by atoms with Gasteiger partial charge in [0.05, 0.1) is 0 Å². The fraction of sp³-hybridized carbons (Fsp3) is 0.550. The first kappa shape index (κ1) is 14.8. The molecule has 0 aliphatic heterocycles. The molecule has 0 radical (unpaired) electrons. The number of aryl methyl sites for hydroxylation is 1. The SMILES string of the molecule is CC(=O)C1=C(O)[C@@]2(C)CC[C@@H]3c4ccc(O)cc4CC[C@H]3[C@@H]2C1. The lowest BCUT2D eigenvalue weighted by Gasteiger charge is -2.49. The summed E-state index contributed by atoms with van der Waals surface area (Å²) in [5.41, 5.74) is 3.08. The Hall–Kier alpha value is -1.77. The molecule has 3 aliphatic carbocycles. The number of carbonyl (C=O) groups excluding carboxylic acids is 1. The monoisotopic (exact) mass is 312 g/mol. The molecular weight excluding hydrogens is 288 g/mol. The van der Waals surface area contributed by atoms with E-state index in [0.717, 1.165) is 32.1 Å². The summed E-state index contributed by atoms with van der Waals surface area (Å²) in [5, 5.41) is 20.4. The zero-order valence-corrected chi connectivity index (χ0v) is 13.8. The lowest BCUT2D eigenvalue weighted by atomic mass is 9.55. The van der Waals surface area contributed by atoms with Crippen LogP contribution in [0.4, 0.5) is 0 Å². The average Bonchev–Trinajstić information content (AvgIpc) is 2.79. The number of carbonyl (C=O) groups is 1. The number of aliphatic hydroxyl groups is 1. The first-order valence-corrected chi connectivity index (χ1v) is 8.67. The first-order valence-electron chi connectivity index (χ1n) is 8.67. The second kappa shape index (κ2) is 4.86. The molecule has 4 rings (SSSR count). The van der Waals surface area contributed by atoms with Crippen molar-refractivity contribution in [3.8, 4) is 5.75 Å². The van der Waals surface area contributed by atoms with Crippen molar-refractivity contribution in [3.05, 3.63) is 40.7 Å². The lowest BCUT2D eigenvalue weighted by Crippen LogP contribution is -2.41. The van der Waals surface area contributed by atoms with Crippen LogP contribution in [-0.2, 0) is 11.2 Å². The summed E-state index contributed by atoms with van der Waals surface area (Å²) in [6, 6.07) is 5.78. The maximum Gasteiger partial charge on any atom is 0.159 e. The van der Waals surface area contributed by atoms with Crippen LogP contribution in [0.3, 0.4) is 0 Å².